The SMILES string of the molecule is CN=C(NCC1(CO)CCOCC1)NC1CCC(C(F)(F)F)CC1.I. The first kappa shape index (κ1) is 22.8. The first-order chi connectivity index (χ1) is 11.4. The standard InChI is InChI=1S/C16H28F3N3O2.HI/c1-20-14(21-10-15(11-23)6-8-24-9-7-15)22-13-4-2-12(3-5-13)16(17,18)19;/h12-13,23H,2-11H2,1H3,(H2,20,21,22);1H. The van der Waals surface area contributed by atoms with Gasteiger partial charge in [-0.25, -0.2) is 0 Å². The molecule has 0 aromatic heterocycles. The third kappa shape index (κ3) is 6.74. The van der Waals surface area contributed by atoms with Crippen LogP contribution >= 0.6 is 24.0 Å². The Labute approximate surface area is 164 Å². The van der Waals surface area contributed by atoms with Gasteiger partial charge in [0.1, 0.15) is 0 Å². The average molecular weight is 479 g/mol. The zero-order valence-corrected chi connectivity index (χ0v) is 16.9. The van der Waals surface area contributed by atoms with Crippen molar-refractivity contribution in [2.75, 3.05) is 33.4 Å². The molecule has 148 valence electrons. The minimum atomic E-state index is -4.08. The van der Waals surface area contributed by atoms with Crippen molar-refractivity contribution < 1.29 is 23.0 Å². The number of hydrogen-bond donors (Lipinski definition) is 3. The lowest BCUT2D eigenvalue weighted by molar-refractivity contribution is -0.182. The Morgan fingerprint density at radius 3 is 2.28 bits per heavy atom. The predicted octanol–water partition coefficient (Wildman–Crippen LogP) is 2.68. The Kier molecular flexibility index (Phi) is 9.24. The van der Waals surface area contributed by atoms with Crippen LogP contribution in [0.1, 0.15) is 38.5 Å². The fraction of sp³-hybridized carbons (Fsp3) is 0.938. The van der Waals surface area contributed by atoms with Crippen molar-refractivity contribution in [1.82, 2.24) is 10.6 Å². The number of hydrogen-bond acceptors (Lipinski definition) is 3. The van der Waals surface area contributed by atoms with Crippen molar-refractivity contribution in [3.8, 4) is 0 Å². The van der Waals surface area contributed by atoms with Gasteiger partial charge in [-0.15, -0.1) is 24.0 Å². The molecular weight excluding hydrogens is 450 g/mol. The number of guanidine groups is 1. The van der Waals surface area contributed by atoms with Crippen LogP contribution in [0.25, 0.3) is 0 Å². The molecule has 1 saturated heterocycles. The lowest BCUT2D eigenvalue weighted by Crippen LogP contribution is -2.50. The van der Waals surface area contributed by atoms with Gasteiger partial charge in [-0.1, -0.05) is 0 Å². The molecule has 2 rings (SSSR count). The highest BCUT2D eigenvalue weighted by molar-refractivity contribution is 14.0. The fourth-order valence-corrected chi connectivity index (χ4v) is 3.42. The van der Waals surface area contributed by atoms with Gasteiger partial charge in [0.15, 0.2) is 5.96 Å². The van der Waals surface area contributed by atoms with Crippen LogP contribution in [-0.2, 0) is 4.74 Å². The summed E-state index contributed by atoms with van der Waals surface area (Å²) >= 11 is 0. The average Bonchev–Trinajstić information content (AvgIpc) is 2.59. The van der Waals surface area contributed by atoms with Gasteiger partial charge in [0.25, 0.3) is 0 Å². The first-order valence-corrected chi connectivity index (χ1v) is 8.61. The number of alkyl halides is 3. The Morgan fingerprint density at radius 2 is 1.80 bits per heavy atom. The summed E-state index contributed by atoms with van der Waals surface area (Å²) in [6.07, 6.45) is -1.21. The second-order valence-electron chi connectivity index (χ2n) is 6.93. The highest BCUT2D eigenvalue weighted by Crippen LogP contribution is 2.37. The maximum Gasteiger partial charge on any atom is 0.391 e. The lowest BCUT2D eigenvalue weighted by Gasteiger charge is -2.36. The molecule has 0 aromatic rings. The van der Waals surface area contributed by atoms with Gasteiger partial charge in [-0.3, -0.25) is 4.99 Å². The van der Waals surface area contributed by atoms with Crippen LogP contribution in [-0.4, -0.2) is 56.7 Å². The summed E-state index contributed by atoms with van der Waals surface area (Å²) in [5.41, 5.74) is -0.218. The van der Waals surface area contributed by atoms with Crippen LogP contribution in [0.4, 0.5) is 13.2 Å². The van der Waals surface area contributed by atoms with Gasteiger partial charge in [0.05, 0.1) is 12.5 Å². The second-order valence-corrected chi connectivity index (χ2v) is 6.93. The molecule has 0 spiro atoms. The molecule has 1 heterocycles. The van der Waals surface area contributed by atoms with Crippen molar-refractivity contribution in [3.05, 3.63) is 0 Å². The minimum absolute atomic E-state index is 0. The molecule has 25 heavy (non-hydrogen) atoms. The number of halogens is 4. The molecule has 0 bridgehead atoms. The predicted molar refractivity (Wildman–Crippen MR) is 101 cm³/mol. The first-order valence-electron chi connectivity index (χ1n) is 8.61. The molecule has 0 radical (unpaired) electrons. The number of aliphatic hydroxyl groups is 1. The molecule has 2 aliphatic rings. The lowest BCUT2D eigenvalue weighted by atomic mass is 9.81. The molecule has 1 aliphatic carbocycles. The quantitative estimate of drug-likeness (QED) is 0.330. The van der Waals surface area contributed by atoms with E-state index in [2.05, 4.69) is 15.6 Å². The number of aliphatic imine (C=N–C) groups is 1. The van der Waals surface area contributed by atoms with E-state index in [4.69, 9.17) is 4.74 Å². The van der Waals surface area contributed by atoms with Crippen LogP contribution < -0.4 is 10.6 Å². The van der Waals surface area contributed by atoms with Crippen LogP contribution in [0.3, 0.4) is 0 Å². The largest absolute Gasteiger partial charge is 0.396 e. The number of rotatable bonds is 4. The van der Waals surface area contributed by atoms with E-state index in [1.54, 1.807) is 7.05 Å². The summed E-state index contributed by atoms with van der Waals surface area (Å²) in [6, 6.07) is 0.00886. The summed E-state index contributed by atoms with van der Waals surface area (Å²) in [7, 11) is 1.65. The fourth-order valence-electron chi connectivity index (χ4n) is 3.42. The maximum absolute atomic E-state index is 12.7. The molecular formula is C16H29F3IN3O2. The van der Waals surface area contributed by atoms with Crippen molar-refractivity contribution >= 4 is 29.9 Å². The summed E-state index contributed by atoms with van der Waals surface area (Å²) in [5, 5.41) is 16.1. The molecule has 9 heteroatoms. The van der Waals surface area contributed by atoms with Gasteiger partial charge in [0.2, 0.25) is 0 Å². The summed E-state index contributed by atoms with van der Waals surface area (Å²) < 4.78 is 43.5. The summed E-state index contributed by atoms with van der Waals surface area (Å²) in [6.45, 7) is 1.92. The van der Waals surface area contributed by atoms with Gasteiger partial charge < -0.3 is 20.5 Å². The second kappa shape index (κ2) is 10.1. The van der Waals surface area contributed by atoms with Gasteiger partial charge >= 0.3 is 6.18 Å². The highest BCUT2D eigenvalue weighted by Gasteiger charge is 2.41. The third-order valence-electron chi connectivity index (χ3n) is 5.27. The van der Waals surface area contributed by atoms with E-state index in [9.17, 15) is 18.3 Å². The molecule has 1 aliphatic heterocycles. The highest BCUT2D eigenvalue weighted by atomic mass is 127. The van der Waals surface area contributed by atoms with E-state index in [1.165, 1.54) is 0 Å². The van der Waals surface area contributed by atoms with Crippen LogP contribution in [0, 0.1) is 11.3 Å². The molecule has 0 amide bonds. The van der Waals surface area contributed by atoms with E-state index >= 15 is 0 Å². The summed E-state index contributed by atoms with van der Waals surface area (Å²) in [5.74, 6) is -0.588. The monoisotopic (exact) mass is 479 g/mol. The van der Waals surface area contributed by atoms with E-state index in [1.807, 2.05) is 0 Å². The Balaban J connectivity index is 0.00000312. The normalized spacial score (nSPS) is 27.3. The van der Waals surface area contributed by atoms with Gasteiger partial charge in [0, 0.05) is 38.3 Å². The number of aliphatic hydroxyl groups excluding tert-OH is 1. The molecule has 0 unspecified atom stereocenters. The van der Waals surface area contributed by atoms with Crippen molar-refractivity contribution in [2.45, 2.75) is 50.7 Å². The number of nitrogens with zero attached hydrogens (tertiary/aromatic N) is 1. The molecule has 5 nitrogen and oxygen atoms in total. The summed E-state index contributed by atoms with van der Waals surface area (Å²) in [4.78, 5) is 4.16. The van der Waals surface area contributed by atoms with Crippen LogP contribution in [0.15, 0.2) is 4.99 Å². The van der Waals surface area contributed by atoms with E-state index in [0.29, 0.717) is 38.6 Å². The third-order valence-corrected chi connectivity index (χ3v) is 5.27. The van der Waals surface area contributed by atoms with E-state index in [0.717, 1.165) is 12.8 Å². The van der Waals surface area contributed by atoms with Crippen LogP contribution in [0.5, 0.6) is 0 Å². The number of ether oxygens (including phenoxy) is 1. The molecule has 3 N–H and O–H groups in total. The Bertz CT molecular complexity index is 421. The van der Waals surface area contributed by atoms with Gasteiger partial charge in [-0.2, -0.15) is 13.2 Å². The molecule has 2 fully saturated rings. The van der Waals surface area contributed by atoms with E-state index < -0.39 is 12.1 Å². The molecule has 0 aromatic carbocycles. The zero-order valence-electron chi connectivity index (χ0n) is 14.6. The van der Waals surface area contributed by atoms with Gasteiger partial charge in [-0.05, 0) is 38.5 Å². The zero-order chi connectivity index (χ0) is 17.6. The Morgan fingerprint density at radius 1 is 1.20 bits per heavy atom. The van der Waals surface area contributed by atoms with Crippen molar-refractivity contribution in [3.63, 3.8) is 0 Å². The van der Waals surface area contributed by atoms with Crippen LogP contribution in [0.2, 0.25) is 0 Å². The van der Waals surface area contributed by atoms with Crippen molar-refractivity contribution in [1.29, 1.82) is 0 Å². The number of nitrogens with one attached hydrogen (secondary N) is 2. The smallest absolute Gasteiger partial charge is 0.391 e. The Hall–Kier alpha value is -0.290. The molecule has 1 saturated carbocycles. The van der Waals surface area contributed by atoms with Crippen molar-refractivity contribution in [2.24, 2.45) is 16.3 Å². The molecule has 0 atom stereocenters. The topological polar surface area (TPSA) is 65.9 Å². The minimum Gasteiger partial charge on any atom is -0.396 e. The van der Waals surface area contributed by atoms with E-state index in [-0.39, 0.29) is 54.9 Å². The maximum atomic E-state index is 12.7.